The maximum atomic E-state index is 5.69. The van der Waals surface area contributed by atoms with E-state index < -0.39 is 0 Å². The average Bonchev–Trinajstić information content (AvgIpc) is 3.37. The summed E-state index contributed by atoms with van der Waals surface area (Å²) in [5, 5.41) is 4.83. The number of rotatable bonds is 7. The number of thioether (sulfide) groups is 1. The molecule has 0 amide bonds. The molecule has 33 heavy (non-hydrogen) atoms. The molecule has 0 atom stereocenters. The predicted molar refractivity (Wildman–Crippen MR) is 135 cm³/mol. The number of benzene rings is 2. The van der Waals surface area contributed by atoms with Gasteiger partial charge in [-0.1, -0.05) is 23.9 Å². The summed E-state index contributed by atoms with van der Waals surface area (Å²) in [5.41, 5.74) is 3.61. The molecule has 5 rings (SSSR count). The monoisotopic (exact) mass is 499 g/mol. The van der Waals surface area contributed by atoms with Crippen LogP contribution in [0.3, 0.4) is 0 Å². The maximum absolute atomic E-state index is 5.69. The Morgan fingerprint density at radius 2 is 1.88 bits per heavy atom. The lowest BCUT2D eigenvalue weighted by molar-refractivity contribution is 0.187. The highest BCUT2D eigenvalue weighted by Gasteiger charge is 2.21. The number of methoxy groups -OCH3 is 2. The second-order valence-corrected chi connectivity index (χ2v) is 10.5. The molecule has 2 aromatic heterocycles. The zero-order chi connectivity index (χ0) is 22.9. The van der Waals surface area contributed by atoms with Gasteiger partial charge in [0.25, 0.3) is 0 Å². The van der Waals surface area contributed by atoms with Crippen LogP contribution < -0.4 is 9.47 Å². The molecule has 172 valence electrons. The Hall–Kier alpha value is -2.40. The molecule has 7 nitrogen and oxygen atoms in total. The molecule has 2 aromatic carbocycles. The van der Waals surface area contributed by atoms with Crippen molar-refractivity contribution in [1.82, 2.24) is 24.2 Å². The molecule has 0 unspecified atom stereocenters. The fraction of sp³-hybridized carbons (Fsp3) is 0.348. The van der Waals surface area contributed by atoms with E-state index in [1.54, 1.807) is 37.3 Å². The van der Waals surface area contributed by atoms with Gasteiger partial charge in [0.1, 0.15) is 5.82 Å². The zero-order valence-corrected chi connectivity index (χ0v) is 21.2. The van der Waals surface area contributed by atoms with Crippen LogP contribution in [0.25, 0.3) is 10.2 Å². The summed E-state index contributed by atoms with van der Waals surface area (Å²) < 4.78 is 17.9. The summed E-state index contributed by atoms with van der Waals surface area (Å²) >= 11 is 9.11. The van der Waals surface area contributed by atoms with Crippen molar-refractivity contribution in [2.75, 3.05) is 20.8 Å². The van der Waals surface area contributed by atoms with Gasteiger partial charge in [-0.25, -0.2) is 9.67 Å². The molecule has 0 N–H and O–H groups in total. The molecule has 0 fully saturated rings. The van der Waals surface area contributed by atoms with Crippen molar-refractivity contribution in [1.29, 1.82) is 0 Å². The van der Waals surface area contributed by atoms with Gasteiger partial charge in [-0.3, -0.25) is 4.90 Å². The van der Waals surface area contributed by atoms with E-state index in [2.05, 4.69) is 29.2 Å². The molecule has 1 aliphatic heterocycles. The smallest absolute Gasteiger partial charge is 0.198 e. The number of hydrogen-bond donors (Lipinski definition) is 0. The third kappa shape index (κ3) is 4.52. The van der Waals surface area contributed by atoms with Gasteiger partial charge in [-0.05, 0) is 54.0 Å². The van der Waals surface area contributed by atoms with Crippen LogP contribution in [0, 0.1) is 4.77 Å². The predicted octanol–water partition coefficient (Wildman–Crippen LogP) is 4.89. The molecule has 0 saturated carbocycles. The summed E-state index contributed by atoms with van der Waals surface area (Å²) in [4.78, 5) is 7.07. The Labute approximate surface area is 206 Å². The van der Waals surface area contributed by atoms with Gasteiger partial charge < -0.3 is 14.0 Å². The van der Waals surface area contributed by atoms with Gasteiger partial charge in [0.05, 0.1) is 36.9 Å². The highest BCUT2D eigenvalue weighted by atomic mass is 32.2. The number of thiazole rings is 1. The van der Waals surface area contributed by atoms with Crippen LogP contribution in [0.4, 0.5) is 0 Å². The SMILES string of the molecule is COc1cc2c(cc1OC)CN(Cn1nc(CSc3nc4ccccc4s3)n(C)c1=S)CC2. The summed E-state index contributed by atoms with van der Waals surface area (Å²) in [6.07, 6.45) is 0.955. The summed E-state index contributed by atoms with van der Waals surface area (Å²) in [5.74, 6) is 3.23. The van der Waals surface area contributed by atoms with E-state index >= 15 is 0 Å². The number of fused-ring (bicyclic) bond motifs is 2. The first-order valence-corrected chi connectivity index (χ1v) is 12.8. The fourth-order valence-electron chi connectivity index (χ4n) is 4.04. The van der Waals surface area contributed by atoms with E-state index in [0.717, 1.165) is 57.2 Å². The van der Waals surface area contributed by atoms with E-state index in [1.807, 2.05) is 28.4 Å². The summed E-state index contributed by atoms with van der Waals surface area (Å²) in [6, 6.07) is 12.4. The Morgan fingerprint density at radius 3 is 2.64 bits per heavy atom. The van der Waals surface area contributed by atoms with Crippen LogP contribution in [0.1, 0.15) is 17.0 Å². The van der Waals surface area contributed by atoms with Gasteiger partial charge in [0, 0.05) is 20.1 Å². The molecule has 10 heteroatoms. The van der Waals surface area contributed by atoms with Crippen molar-refractivity contribution in [3.63, 3.8) is 0 Å². The third-order valence-corrected chi connectivity index (χ3v) is 8.52. The Bertz CT molecular complexity index is 1330. The molecule has 0 spiro atoms. The van der Waals surface area contributed by atoms with Crippen molar-refractivity contribution in [3.05, 3.63) is 58.1 Å². The second kappa shape index (κ2) is 9.46. The van der Waals surface area contributed by atoms with Gasteiger partial charge in [-0.15, -0.1) is 11.3 Å². The van der Waals surface area contributed by atoms with Crippen molar-refractivity contribution < 1.29 is 9.47 Å². The second-order valence-electron chi connectivity index (χ2n) is 7.91. The number of nitrogens with zero attached hydrogens (tertiary/aromatic N) is 5. The highest BCUT2D eigenvalue weighted by Crippen LogP contribution is 2.34. The average molecular weight is 500 g/mol. The van der Waals surface area contributed by atoms with Crippen molar-refractivity contribution in [2.24, 2.45) is 7.05 Å². The topological polar surface area (TPSA) is 57.3 Å². The van der Waals surface area contributed by atoms with E-state index in [4.69, 9.17) is 31.8 Å². The lowest BCUT2D eigenvalue weighted by Gasteiger charge is -2.29. The lowest BCUT2D eigenvalue weighted by Crippen LogP contribution is -2.32. The van der Waals surface area contributed by atoms with Gasteiger partial charge in [0.15, 0.2) is 20.6 Å². The van der Waals surface area contributed by atoms with Crippen molar-refractivity contribution in [3.8, 4) is 11.5 Å². The quantitative estimate of drug-likeness (QED) is 0.265. The summed E-state index contributed by atoms with van der Waals surface area (Å²) in [6.45, 7) is 2.42. The number of para-hydroxylation sites is 1. The first kappa shape index (κ1) is 22.4. The fourth-order valence-corrected chi connectivity index (χ4v) is 6.29. The lowest BCUT2D eigenvalue weighted by atomic mass is 9.99. The van der Waals surface area contributed by atoms with E-state index in [0.29, 0.717) is 6.67 Å². The zero-order valence-electron chi connectivity index (χ0n) is 18.8. The molecule has 0 aliphatic carbocycles. The Kier molecular flexibility index (Phi) is 6.42. The van der Waals surface area contributed by atoms with E-state index in [-0.39, 0.29) is 0 Å². The van der Waals surface area contributed by atoms with Crippen LogP contribution in [0.2, 0.25) is 0 Å². The molecule has 0 radical (unpaired) electrons. The van der Waals surface area contributed by atoms with Crippen LogP contribution in [0.5, 0.6) is 11.5 Å². The number of ether oxygens (including phenoxy) is 2. The highest BCUT2D eigenvalue weighted by molar-refractivity contribution is 8.00. The van der Waals surface area contributed by atoms with Crippen LogP contribution in [-0.4, -0.2) is 45.0 Å². The molecule has 1 aliphatic rings. The van der Waals surface area contributed by atoms with Gasteiger partial charge in [-0.2, -0.15) is 5.10 Å². The van der Waals surface area contributed by atoms with Gasteiger partial charge in [0.2, 0.25) is 0 Å². The third-order valence-electron chi connectivity index (χ3n) is 5.86. The van der Waals surface area contributed by atoms with E-state index in [1.165, 1.54) is 15.8 Å². The van der Waals surface area contributed by atoms with Crippen LogP contribution in [-0.2, 0) is 32.4 Å². The van der Waals surface area contributed by atoms with E-state index in [9.17, 15) is 0 Å². The minimum absolute atomic E-state index is 0.659. The number of hydrogen-bond acceptors (Lipinski definition) is 8. The molecular weight excluding hydrogens is 474 g/mol. The Balaban J connectivity index is 1.29. The first-order chi connectivity index (χ1) is 16.1. The largest absolute Gasteiger partial charge is 0.493 e. The van der Waals surface area contributed by atoms with Crippen LogP contribution in [0.15, 0.2) is 40.7 Å². The molecule has 0 saturated heterocycles. The molecule has 3 heterocycles. The molecule has 4 aromatic rings. The minimum Gasteiger partial charge on any atom is -0.493 e. The Morgan fingerprint density at radius 1 is 1.12 bits per heavy atom. The molecule has 0 bridgehead atoms. The van der Waals surface area contributed by atoms with Gasteiger partial charge >= 0.3 is 0 Å². The first-order valence-electron chi connectivity index (χ1n) is 10.6. The summed E-state index contributed by atoms with van der Waals surface area (Å²) in [7, 11) is 5.34. The maximum Gasteiger partial charge on any atom is 0.198 e. The minimum atomic E-state index is 0.659. The van der Waals surface area contributed by atoms with Crippen LogP contribution >= 0.6 is 35.3 Å². The standard InChI is InChI=1S/C23H25N5O2S3/c1-26-21(13-32-22-24-17-6-4-5-7-20(17)33-22)25-28(23(26)31)14-27-9-8-15-10-18(29-2)19(30-3)11-16(15)12-27/h4-7,10-11H,8-9,12-14H2,1-3H3. The van der Waals surface area contributed by atoms with Crippen molar-refractivity contribution >= 4 is 45.5 Å². The normalized spacial score (nSPS) is 13.9. The van der Waals surface area contributed by atoms with Crippen molar-refractivity contribution in [2.45, 2.75) is 29.7 Å². The molecular formula is C23H25N5O2S3. The number of aromatic nitrogens is 4.